The second-order valence-corrected chi connectivity index (χ2v) is 15.6. The summed E-state index contributed by atoms with van der Waals surface area (Å²) in [6.07, 6.45) is 0.319. The Bertz CT molecular complexity index is 1170. The fourth-order valence-corrected chi connectivity index (χ4v) is 9.87. The maximum atomic E-state index is 13.4. The normalized spacial score (nSPS) is 40.2. The van der Waals surface area contributed by atoms with Crippen LogP contribution < -0.4 is 0 Å². The molecule has 44 heavy (non-hydrogen) atoms. The van der Waals surface area contributed by atoms with Crippen LogP contribution in [0.1, 0.15) is 85.0 Å². The molecule has 0 aromatic rings. The van der Waals surface area contributed by atoms with Gasteiger partial charge in [0.1, 0.15) is 13.2 Å². The number of hydrogen-bond acceptors (Lipinski definition) is 10. The summed E-state index contributed by atoms with van der Waals surface area (Å²) in [5.41, 5.74) is -0.454. The number of fused-ring (bicyclic) bond motifs is 5. The SMILES string of the molecule is C[C@H](CCC(=O)OCCC(=O)OCC(F)C(F)(F)S(=O)(=O)[O-])[C@H]1CC[C@H]2[C@@H]3[C@H](O)C[C@@H]4C[C@H](O)CC[C@]4(C)[C@H]3C[C@H](O)[C@]12C. The van der Waals surface area contributed by atoms with Crippen LogP contribution in [0.4, 0.5) is 13.2 Å². The zero-order chi connectivity index (χ0) is 32.8. The number of alkyl halides is 3. The predicted octanol–water partition coefficient (Wildman–Crippen LogP) is 3.32. The molecule has 4 aliphatic rings. The molecule has 4 aliphatic carbocycles. The number of ether oxygens (including phenoxy) is 2. The van der Waals surface area contributed by atoms with Crippen molar-refractivity contribution in [1.29, 1.82) is 0 Å². The molecule has 3 N–H and O–H groups in total. The number of aliphatic hydroxyl groups is 3. The molecule has 0 saturated heterocycles. The van der Waals surface area contributed by atoms with Gasteiger partial charge in [-0.1, -0.05) is 20.8 Å². The molecule has 10 nitrogen and oxygen atoms in total. The third-order valence-corrected chi connectivity index (χ3v) is 12.9. The van der Waals surface area contributed by atoms with Gasteiger partial charge in [0, 0.05) is 6.42 Å². The molecule has 0 bridgehead atoms. The van der Waals surface area contributed by atoms with Crippen LogP contribution in [-0.4, -0.2) is 83.2 Å². The van der Waals surface area contributed by atoms with Gasteiger partial charge in [-0.25, -0.2) is 12.8 Å². The average molecular weight is 656 g/mol. The van der Waals surface area contributed by atoms with Crippen molar-refractivity contribution in [1.82, 2.24) is 0 Å². The molecule has 4 fully saturated rings. The van der Waals surface area contributed by atoms with Crippen molar-refractivity contribution in [3.63, 3.8) is 0 Å². The fourth-order valence-electron chi connectivity index (χ4n) is 9.49. The van der Waals surface area contributed by atoms with E-state index in [1.807, 2.05) is 6.92 Å². The van der Waals surface area contributed by atoms with Gasteiger partial charge in [0.15, 0.2) is 10.1 Å². The minimum Gasteiger partial charge on any atom is -0.743 e. The molecule has 4 saturated carbocycles. The molecule has 0 aliphatic heterocycles. The number of rotatable bonds is 11. The van der Waals surface area contributed by atoms with E-state index in [4.69, 9.17) is 4.74 Å². The summed E-state index contributed by atoms with van der Waals surface area (Å²) >= 11 is 0. The zero-order valence-electron chi connectivity index (χ0n) is 25.5. The first kappa shape index (κ1) is 35.4. The number of carbonyl (C=O) groups is 2. The minimum atomic E-state index is -6.28. The fraction of sp³-hybridized carbons (Fsp3) is 0.933. The lowest BCUT2D eigenvalue weighted by Crippen LogP contribution is -2.62. The Balaban J connectivity index is 1.26. The summed E-state index contributed by atoms with van der Waals surface area (Å²) in [4.78, 5) is 24.0. The van der Waals surface area contributed by atoms with Crippen molar-refractivity contribution in [3.8, 4) is 0 Å². The van der Waals surface area contributed by atoms with Crippen LogP contribution in [0, 0.1) is 46.3 Å². The highest BCUT2D eigenvalue weighted by Crippen LogP contribution is 2.68. The lowest BCUT2D eigenvalue weighted by molar-refractivity contribution is -0.207. The number of carbonyl (C=O) groups excluding carboxylic acids is 2. The Morgan fingerprint density at radius 3 is 2.32 bits per heavy atom. The molecule has 0 amide bonds. The molecular weight excluding hydrogens is 609 g/mol. The van der Waals surface area contributed by atoms with E-state index in [1.165, 1.54) is 0 Å². The first-order chi connectivity index (χ1) is 20.3. The molecule has 12 atom stereocenters. The number of esters is 2. The van der Waals surface area contributed by atoms with E-state index in [0.29, 0.717) is 25.7 Å². The van der Waals surface area contributed by atoms with E-state index >= 15 is 0 Å². The number of aliphatic hydroxyl groups excluding tert-OH is 3. The molecular formula is C30H46F3O10S-. The molecule has 254 valence electrons. The molecule has 0 radical (unpaired) electrons. The smallest absolute Gasteiger partial charge is 0.368 e. The first-order valence-electron chi connectivity index (χ1n) is 15.7. The maximum absolute atomic E-state index is 13.4. The Morgan fingerprint density at radius 2 is 1.66 bits per heavy atom. The van der Waals surface area contributed by atoms with Crippen molar-refractivity contribution >= 4 is 22.1 Å². The van der Waals surface area contributed by atoms with Crippen LogP contribution in [0.3, 0.4) is 0 Å². The van der Waals surface area contributed by atoms with Gasteiger partial charge < -0.3 is 29.3 Å². The van der Waals surface area contributed by atoms with Gasteiger partial charge in [0.2, 0.25) is 6.17 Å². The lowest BCUT2D eigenvalue weighted by atomic mass is 9.43. The average Bonchev–Trinajstić information content (AvgIpc) is 3.29. The van der Waals surface area contributed by atoms with Gasteiger partial charge in [0.05, 0.1) is 24.7 Å². The van der Waals surface area contributed by atoms with E-state index in [1.54, 1.807) is 0 Å². The monoisotopic (exact) mass is 655 g/mol. The zero-order valence-corrected chi connectivity index (χ0v) is 26.3. The number of halogens is 3. The Kier molecular flexibility index (Phi) is 10.4. The van der Waals surface area contributed by atoms with E-state index in [2.05, 4.69) is 18.6 Å². The van der Waals surface area contributed by atoms with Gasteiger partial charge in [-0.3, -0.25) is 9.59 Å². The molecule has 0 spiro atoms. The van der Waals surface area contributed by atoms with Crippen molar-refractivity contribution in [3.05, 3.63) is 0 Å². The largest absolute Gasteiger partial charge is 0.743 e. The maximum Gasteiger partial charge on any atom is 0.368 e. The third kappa shape index (κ3) is 6.52. The minimum absolute atomic E-state index is 0.0263. The van der Waals surface area contributed by atoms with Gasteiger partial charge in [0.25, 0.3) is 0 Å². The standard InChI is InChI=1S/C30H47F3O10S/c1-16(4-7-25(37)42-11-9-26(38)43-15-23(31)30(32,33)44(39,40)41)19-5-6-20-27-21(14-24(36)29(19,20)3)28(2)10-8-18(34)12-17(28)13-22(27)35/h16-24,27,34-36H,4-15H2,1-3H3,(H,39,40,41)/p-1/t16-,17+,18-,19-,20+,21+,22-,23?,24+,27+,28+,29-/m1/s1. The third-order valence-electron chi connectivity index (χ3n) is 12.0. The van der Waals surface area contributed by atoms with Crippen LogP contribution >= 0.6 is 0 Å². The van der Waals surface area contributed by atoms with E-state index in [9.17, 15) is 51.1 Å². The van der Waals surface area contributed by atoms with Crippen LogP contribution in [0.15, 0.2) is 0 Å². The van der Waals surface area contributed by atoms with Gasteiger partial charge in [-0.15, -0.1) is 0 Å². The Morgan fingerprint density at radius 1 is 1.00 bits per heavy atom. The van der Waals surface area contributed by atoms with Crippen molar-refractivity contribution in [2.75, 3.05) is 13.2 Å². The van der Waals surface area contributed by atoms with Crippen LogP contribution in [0.5, 0.6) is 0 Å². The van der Waals surface area contributed by atoms with Gasteiger partial charge in [-0.05, 0) is 97.7 Å². The predicted molar refractivity (Wildman–Crippen MR) is 148 cm³/mol. The molecule has 4 rings (SSSR count). The van der Waals surface area contributed by atoms with E-state index in [-0.39, 0.29) is 53.4 Å². The summed E-state index contributed by atoms with van der Waals surface area (Å²) in [7, 11) is -6.28. The molecule has 0 aromatic heterocycles. The van der Waals surface area contributed by atoms with Crippen LogP contribution in [0.2, 0.25) is 0 Å². The summed E-state index contributed by atoms with van der Waals surface area (Å²) in [5.74, 6) is -1.04. The van der Waals surface area contributed by atoms with Crippen LogP contribution in [-0.2, 0) is 29.2 Å². The second-order valence-electron chi connectivity index (χ2n) is 14.2. The molecule has 14 heteroatoms. The summed E-state index contributed by atoms with van der Waals surface area (Å²) in [6.45, 7) is 4.32. The van der Waals surface area contributed by atoms with Crippen LogP contribution in [0.25, 0.3) is 0 Å². The Labute approximate surface area is 256 Å². The highest BCUT2D eigenvalue weighted by atomic mass is 32.2. The second kappa shape index (κ2) is 13.0. The first-order valence-corrected chi connectivity index (χ1v) is 17.1. The molecule has 0 aromatic carbocycles. The molecule has 1 unspecified atom stereocenters. The van der Waals surface area contributed by atoms with E-state index < -0.39 is 70.7 Å². The summed E-state index contributed by atoms with van der Waals surface area (Å²) in [6, 6.07) is 0. The topological polar surface area (TPSA) is 170 Å². The quantitative estimate of drug-likeness (QED) is 0.222. The lowest BCUT2D eigenvalue weighted by Gasteiger charge is -2.63. The summed E-state index contributed by atoms with van der Waals surface area (Å²) in [5, 5.41) is 28.1. The van der Waals surface area contributed by atoms with Crippen molar-refractivity contribution in [2.45, 2.75) is 115 Å². The van der Waals surface area contributed by atoms with Crippen molar-refractivity contribution in [2.24, 2.45) is 46.3 Å². The number of hydrogen-bond donors (Lipinski definition) is 3. The van der Waals surface area contributed by atoms with Gasteiger partial charge >= 0.3 is 17.2 Å². The highest BCUT2D eigenvalue weighted by Gasteiger charge is 2.65. The van der Waals surface area contributed by atoms with Gasteiger partial charge in [-0.2, -0.15) is 8.78 Å². The van der Waals surface area contributed by atoms with E-state index in [0.717, 1.165) is 25.7 Å². The van der Waals surface area contributed by atoms with Crippen molar-refractivity contribution < 1.29 is 60.5 Å². The highest BCUT2D eigenvalue weighted by molar-refractivity contribution is 7.86. The summed E-state index contributed by atoms with van der Waals surface area (Å²) < 4.78 is 80.3. The Hall–Kier alpha value is -1.48. The molecule has 0 heterocycles.